The molecule has 2 amide bonds. The summed E-state index contributed by atoms with van der Waals surface area (Å²) < 4.78 is 80.4. The van der Waals surface area contributed by atoms with Crippen molar-refractivity contribution in [3.8, 4) is 11.8 Å². The number of benzene rings is 2. The van der Waals surface area contributed by atoms with Crippen LogP contribution < -0.4 is 16.4 Å². The van der Waals surface area contributed by atoms with Crippen LogP contribution in [-0.2, 0) is 21.9 Å². The van der Waals surface area contributed by atoms with Crippen LogP contribution in [0.4, 0.5) is 32.2 Å². The second-order valence-electron chi connectivity index (χ2n) is 8.31. The first-order valence-electron chi connectivity index (χ1n) is 11.6. The molecule has 7 N–H and O–H groups in total. The van der Waals surface area contributed by atoms with Crippen LogP contribution in [0.25, 0.3) is 0 Å². The van der Waals surface area contributed by atoms with Crippen molar-refractivity contribution in [3.63, 3.8) is 0 Å². The summed E-state index contributed by atoms with van der Waals surface area (Å²) >= 11 is 0. The van der Waals surface area contributed by atoms with Crippen molar-refractivity contribution in [1.29, 1.82) is 5.41 Å². The maximum absolute atomic E-state index is 13.5. The second kappa shape index (κ2) is 14.3. The molecule has 0 aliphatic carbocycles. The predicted molar refractivity (Wildman–Crippen MR) is 140 cm³/mol. The summed E-state index contributed by atoms with van der Waals surface area (Å²) in [4.78, 5) is 47.3. The average Bonchev–Trinajstić information content (AvgIpc) is 2.90. The number of aromatic nitrogens is 1. The Hall–Kier alpha value is -5.92. The topological polar surface area (TPSA) is 196 Å². The second-order valence-corrected chi connectivity index (χ2v) is 8.31. The Labute approximate surface area is 243 Å². The van der Waals surface area contributed by atoms with Crippen molar-refractivity contribution in [2.75, 3.05) is 5.32 Å². The van der Waals surface area contributed by atoms with Crippen LogP contribution in [0.15, 0.2) is 60.8 Å². The molecular formula is C27H19F6N5O6. The summed E-state index contributed by atoms with van der Waals surface area (Å²) in [5.41, 5.74) is 0.853. The molecule has 230 valence electrons. The first kappa shape index (κ1) is 34.3. The number of carbonyl (C=O) groups is 4. The van der Waals surface area contributed by atoms with Gasteiger partial charge >= 0.3 is 24.3 Å². The van der Waals surface area contributed by atoms with Crippen LogP contribution in [0, 0.1) is 17.3 Å². The van der Waals surface area contributed by atoms with Gasteiger partial charge in [0.15, 0.2) is 5.96 Å². The quantitative estimate of drug-likeness (QED) is 0.0808. The Kier molecular flexibility index (Phi) is 11.1. The fourth-order valence-corrected chi connectivity index (χ4v) is 3.14. The van der Waals surface area contributed by atoms with Gasteiger partial charge in [-0.15, -0.1) is 0 Å². The van der Waals surface area contributed by atoms with Gasteiger partial charge in [-0.25, -0.2) is 4.98 Å². The molecule has 0 spiro atoms. The Morgan fingerprint density at radius 2 is 1.48 bits per heavy atom. The lowest BCUT2D eigenvalue weighted by Gasteiger charge is -2.13. The molecule has 0 aliphatic heterocycles. The van der Waals surface area contributed by atoms with Gasteiger partial charge in [0.25, 0.3) is 11.8 Å². The summed E-state index contributed by atoms with van der Waals surface area (Å²) in [6.07, 6.45) is -9.22. The zero-order chi connectivity index (χ0) is 33.2. The number of rotatable bonds is 5. The molecule has 3 aromatic rings. The number of hydrogen-bond donors (Lipinski definition) is 6. The van der Waals surface area contributed by atoms with Gasteiger partial charge in [0, 0.05) is 22.9 Å². The van der Waals surface area contributed by atoms with Crippen molar-refractivity contribution in [3.05, 3.63) is 94.2 Å². The standard InChI is InChI=1S/C24H15F6N5O2.C3H4O4/c25-23(26,27)16-10-14(9-15(12-16)20(36)35-22(31)32)5-4-13-6-7-18(24(28,29)30)17(11-13)21(37)34-19-3-1-2-8-33-19;4-2(5)1-3(6)7/h1-3,6-12H,(H,33,34,37)(H4,31,32,35,36);1H2,(H,4,5)(H,6,7). The van der Waals surface area contributed by atoms with E-state index < -0.39 is 70.7 Å². The van der Waals surface area contributed by atoms with Gasteiger partial charge in [-0.2, -0.15) is 26.3 Å². The summed E-state index contributed by atoms with van der Waals surface area (Å²) in [6.45, 7) is 0. The number of alkyl halides is 6. The number of amides is 2. The van der Waals surface area contributed by atoms with E-state index in [1.807, 2.05) is 5.32 Å². The van der Waals surface area contributed by atoms with E-state index in [1.54, 1.807) is 0 Å². The Morgan fingerprint density at radius 3 is 1.98 bits per heavy atom. The van der Waals surface area contributed by atoms with E-state index in [0.717, 1.165) is 18.2 Å². The summed E-state index contributed by atoms with van der Waals surface area (Å²) in [7, 11) is 0. The van der Waals surface area contributed by atoms with E-state index in [2.05, 4.69) is 22.1 Å². The number of guanidine groups is 1. The molecule has 0 fully saturated rings. The predicted octanol–water partition coefficient (Wildman–Crippen LogP) is 3.94. The van der Waals surface area contributed by atoms with Crippen LogP contribution in [0.2, 0.25) is 0 Å². The first-order valence-corrected chi connectivity index (χ1v) is 11.6. The lowest BCUT2D eigenvalue weighted by Crippen LogP contribution is -2.35. The van der Waals surface area contributed by atoms with E-state index >= 15 is 0 Å². The zero-order valence-electron chi connectivity index (χ0n) is 21.8. The monoisotopic (exact) mass is 623 g/mol. The van der Waals surface area contributed by atoms with Crippen molar-refractivity contribution in [1.82, 2.24) is 10.3 Å². The molecule has 0 saturated carbocycles. The average molecular weight is 623 g/mol. The smallest absolute Gasteiger partial charge is 0.417 e. The van der Waals surface area contributed by atoms with E-state index in [9.17, 15) is 45.5 Å². The van der Waals surface area contributed by atoms with Gasteiger partial charge in [0.05, 0.1) is 16.7 Å². The van der Waals surface area contributed by atoms with Crippen LogP contribution in [0.3, 0.4) is 0 Å². The third-order valence-electron chi connectivity index (χ3n) is 4.90. The molecule has 11 nitrogen and oxygen atoms in total. The van der Waals surface area contributed by atoms with Crippen LogP contribution in [0.1, 0.15) is 49.4 Å². The fraction of sp³-hybridized carbons (Fsp3) is 0.111. The van der Waals surface area contributed by atoms with E-state index in [4.69, 9.17) is 21.4 Å². The molecule has 1 aromatic heterocycles. The molecule has 17 heteroatoms. The van der Waals surface area contributed by atoms with E-state index in [-0.39, 0.29) is 16.9 Å². The third kappa shape index (κ3) is 10.8. The molecule has 0 bridgehead atoms. The molecule has 3 rings (SSSR count). The number of hydrogen-bond acceptors (Lipinski definition) is 6. The number of nitrogens with one attached hydrogen (secondary N) is 3. The Bertz CT molecular complexity index is 1630. The molecule has 0 saturated heterocycles. The summed E-state index contributed by atoms with van der Waals surface area (Å²) in [6, 6.07) is 8.97. The van der Waals surface area contributed by atoms with Gasteiger partial charge in [0.2, 0.25) is 0 Å². The zero-order valence-corrected chi connectivity index (χ0v) is 21.8. The summed E-state index contributed by atoms with van der Waals surface area (Å²) in [5.74, 6) is -0.882. The lowest BCUT2D eigenvalue weighted by molar-refractivity contribution is -0.147. The number of carboxylic acids is 2. The van der Waals surface area contributed by atoms with Gasteiger partial charge in [0.1, 0.15) is 12.2 Å². The number of carboxylic acid groups (broad SMARTS) is 2. The van der Waals surface area contributed by atoms with Crippen molar-refractivity contribution in [2.45, 2.75) is 18.8 Å². The Balaban J connectivity index is 0.000000860. The molecule has 0 unspecified atom stereocenters. The number of nitrogens with two attached hydrogens (primary N) is 1. The largest absolute Gasteiger partial charge is 0.481 e. The molecular weight excluding hydrogens is 604 g/mol. The van der Waals surface area contributed by atoms with Crippen LogP contribution >= 0.6 is 0 Å². The van der Waals surface area contributed by atoms with Crippen molar-refractivity contribution < 1.29 is 55.7 Å². The van der Waals surface area contributed by atoms with Gasteiger partial charge < -0.3 is 21.3 Å². The van der Waals surface area contributed by atoms with Gasteiger partial charge in [-0.05, 0) is 48.5 Å². The highest BCUT2D eigenvalue weighted by molar-refractivity contribution is 6.05. The van der Waals surface area contributed by atoms with Gasteiger partial charge in [-0.3, -0.25) is 29.9 Å². The molecule has 1 heterocycles. The highest BCUT2D eigenvalue weighted by Gasteiger charge is 2.35. The number of anilines is 1. The first-order chi connectivity index (χ1) is 20.4. The molecule has 0 atom stereocenters. The highest BCUT2D eigenvalue weighted by atomic mass is 19.4. The van der Waals surface area contributed by atoms with Crippen LogP contribution in [0.5, 0.6) is 0 Å². The number of carbonyl (C=O) groups excluding carboxylic acids is 2. The number of halogens is 6. The normalized spacial score (nSPS) is 10.7. The Morgan fingerprint density at radius 1 is 0.841 bits per heavy atom. The lowest BCUT2D eigenvalue weighted by atomic mass is 10.0. The molecule has 44 heavy (non-hydrogen) atoms. The van der Waals surface area contributed by atoms with E-state index in [1.165, 1.54) is 24.4 Å². The minimum absolute atomic E-state index is 0.00237. The van der Waals surface area contributed by atoms with Crippen molar-refractivity contribution >= 4 is 35.5 Å². The minimum Gasteiger partial charge on any atom is -0.481 e. The number of nitrogens with zero attached hydrogens (tertiary/aromatic N) is 1. The van der Waals surface area contributed by atoms with Crippen LogP contribution in [-0.4, -0.2) is 44.9 Å². The highest BCUT2D eigenvalue weighted by Crippen LogP contribution is 2.33. The van der Waals surface area contributed by atoms with Crippen molar-refractivity contribution in [2.24, 2.45) is 5.73 Å². The van der Waals surface area contributed by atoms with E-state index in [0.29, 0.717) is 18.2 Å². The number of pyridine rings is 1. The molecule has 0 aliphatic rings. The maximum Gasteiger partial charge on any atom is 0.417 e. The minimum atomic E-state index is -4.89. The maximum atomic E-state index is 13.5. The number of aliphatic carboxylic acids is 2. The third-order valence-corrected chi connectivity index (χ3v) is 4.90. The fourth-order valence-electron chi connectivity index (χ4n) is 3.14. The molecule has 2 aromatic carbocycles. The summed E-state index contributed by atoms with van der Waals surface area (Å²) in [5, 5.41) is 26.6. The molecule has 0 radical (unpaired) electrons. The SMILES string of the molecule is N=C(N)NC(=O)c1cc(C#Cc2ccc(C(F)(F)F)c(C(=O)Nc3ccccn3)c2)cc(C(F)(F)F)c1.O=C(O)CC(=O)O. The van der Waals surface area contributed by atoms with Gasteiger partial charge in [-0.1, -0.05) is 17.9 Å².